The number of sulfonamides is 1. The average molecular weight is 425 g/mol. The summed E-state index contributed by atoms with van der Waals surface area (Å²) in [6, 6.07) is 13.6. The lowest BCUT2D eigenvalue weighted by atomic mass is 9.64. The van der Waals surface area contributed by atoms with Crippen LogP contribution in [0.3, 0.4) is 0 Å². The molecule has 0 unspecified atom stereocenters. The summed E-state index contributed by atoms with van der Waals surface area (Å²) < 4.78 is 41.6. The number of anilines is 1. The molecule has 1 aromatic heterocycles. The number of nitrogens with two attached hydrogens (primary N) is 1. The van der Waals surface area contributed by atoms with E-state index in [2.05, 4.69) is 16.0 Å². The quantitative estimate of drug-likeness (QED) is 0.683. The van der Waals surface area contributed by atoms with Crippen LogP contribution in [0.2, 0.25) is 0 Å². The molecule has 1 spiro atoms. The Kier molecular flexibility index (Phi) is 4.37. The molecule has 1 aliphatic heterocycles. The van der Waals surface area contributed by atoms with Crippen LogP contribution in [-0.4, -0.2) is 35.8 Å². The van der Waals surface area contributed by atoms with Crippen LogP contribution in [0.1, 0.15) is 24.0 Å². The smallest absolute Gasteiger partial charge is 0.245 e. The van der Waals surface area contributed by atoms with E-state index in [9.17, 15) is 12.8 Å². The monoisotopic (exact) mass is 424 g/mol. The van der Waals surface area contributed by atoms with Gasteiger partial charge in [-0.1, -0.05) is 36.4 Å². The summed E-state index contributed by atoms with van der Waals surface area (Å²) in [6.07, 6.45) is 3.79. The molecule has 8 heteroatoms. The number of nitrogen functional groups attached to an aromatic ring is 1. The van der Waals surface area contributed by atoms with Crippen molar-refractivity contribution in [3.63, 3.8) is 0 Å². The number of hydrogen-bond donors (Lipinski definition) is 1. The zero-order valence-electron chi connectivity index (χ0n) is 16.3. The van der Waals surface area contributed by atoms with Crippen molar-refractivity contribution in [1.82, 2.24) is 14.3 Å². The Hall–Kier alpha value is -2.84. The van der Waals surface area contributed by atoms with Gasteiger partial charge in [0.1, 0.15) is 10.7 Å². The number of aromatic nitrogens is 2. The van der Waals surface area contributed by atoms with Crippen molar-refractivity contribution in [2.75, 3.05) is 18.8 Å². The molecule has 0 saturated carbocycles. The summed E-state index contributed by atoms with van der Waals surface area (Å²) in [6.45, 7) is 0.659. The molecule has 2 aliphatic rings. The van der Waals surface area contributed by atoms with E-state index in [4.69, 9.17) is 5.73 Å². The summed E-state index contributed by atoms with van der Waals surface area (Å²) in [5, 5.41) is 0. The van der Waals surface area contributed by atoms with Gasteiger partial charge in [0, 0.05) is 30.3 Å². The Bertz CT molecular complexity index is 1240. The molecule has 1 aliphatic carbocycles. The van der Waals surface area contributed by atoms with Crippen molar-refractivity contribution in [2.45, 2.75) is 29.6 Å². The van der Waals surface area contributed by atoms with Gasteiger partial charge in [-0.2, -0.15) is 4.31 Å². The lowest BCUT2D eigenvalue weighted by molar-refractivity contribution is 0.228. The number of rotatable bonds is 2. The molecule has 154 valence electrons. The van der Waals surface area contributed by atoms with E-state index in [1.807, 2.05) is 18.2 Å². The van der Waals surface area contributed by atoms with Gasteiger partial charge in [-0.25, -0.2) is 22.8 Å². The van der Waals surface area contributed by atoms with E-state index in [0.29, 0.717) is 25.9 Å². The molecule has 0 amide bonds. The van der Waals surface area contributed by atoms with Crippen LogP contribution >= 0.6 is 0 Å². The van der Waals surface area contributed by atoms with Gasteiger partial charge < -0.3 is 5.73 Å². The van der Waals surface area contributed by atoms with E-state index in [1.165, 1.54) is 28.1 Å². The van der Waals surface area contributed by atoms with Crippen molar-refractivity contribution in [3.05, 3.63) is 71.7 Å². The van der Waals surface area contributed by atoms with Crippen molar-refractivity contribution >= 4 is 16.0 Å². The number of nitrogens with zero attached hydrogens (tertiary/aromatic N) is 3. The van der Waals surface area contributed by atoms with Crippen molar-refractivity contribution in [1.29, 1.82) is 0 Å². The van der Waals surface area contributed by atoms with Crippen LogP contribution in [0, 0.1) is 5.82 Å². The molecule has 2 aromatic carbocycles. The number of fused-ring (bicyclic) bond motifs is 4. The van der Waals surface area contributed by atoms with Gasteiger partial charge in [0.05, 0.1) is 5.69 Å². The minimum Gasteiger partial charge on any atom is -0.368 e. The third-order valence-electron chi connectivity index (χ3n) is 6.30. The molecular formula is C22H21FN4O2S. The molecular weight excluding hydrogens is 403 g/mol. The largest absolute Gasteiger partial charge is 0.368 e. The SMILES string of the molecule is Nc1ncc2c(n1)-c1ccccc1C1(CCN(S(=O)(=O)c3ccccc3F)CC1)C2. The van der Waals surface area contributed by atoms with Gasteiger partial charge in [-0.05, 0) is 42.5 Å². The molecule has 0 atom stereocenters. The first-order valence-corrected chi connectivity index (χ1v) is 11.3. The predicted molar refractivity (Wildman–Crippen MR) is 112 cm³/mol. The molecule has 0 bridgehead atoms. The normalized spacial score (nSPS) is 18.0. The zero-order chi connectivity index (χ0) is 20.9. The highest BCUT2D eigenvalue weighted by Crippen LogP contribution is 2.48. The molecule has 6 nitrogen and oxygen atoms in total. The number of benzene rings is 2. The molecule has 0 radical (unpaired) electrons. The second-order valence-electron chi connectivity index (χ2n) is 7.94. The third-order valence-corrected chi connectivity index (χ3v) is 8.23. The Morgan fingerprint density at radius 1 is 1.03 bits per heavy atom. The lowest BCUT2D eigenvalue weighted by Crippen LogP contribution is -2.47. The second-order valence-corrected chi connectivity index (χ2v) is 9.85. The van der Waals surface area contributed by atoms with Gasteiger partial charge >= 0.3 is 0 Å². The van der Waals surface area contributed by atoms with Crippen LogP contribution in [0.5, 0.6) is 0 Å². The van der Waals surface area contributed by atoms with E-state index < -0.39 is 15.8 Å². The lowest BCUT2D eigenvalue weighted by Gasteiger charge is -2.45. The Morgan fingerprint density at radius 3 is 2.50 bits per heavy atom. The maximum Gasteiger partial charge on any atom is 0.245 e. The maximum absolute atomic E-state index is 14.2. The summed E-state index contributed by atoms with van der Waals surface area (Å²) in [7, 11) is -3.87. The van der Waals surface area contributed by atoms with E-state index >= 15 is 0 Å². The van der Waals surface area contributed by atoms with Crippen LogP contribution in [0.4, 0.5) is 10.3 Å². The summed E-state index contributed by atoms with van der Waals surface area (Å²) in [4.78, 5) is 8.36. The van der Waals surface area contributed by atoms with Crippen molar-refractivity contribution in [2.24, 2.45) is 0 Å². The van der Waals surface area contributed by atoms with Crippen LogP contribution < -0.4 is 5.73 Å². The highest BCUT2D eigenvalue weighted by atomic mass is 32.2. The van der Waals surface area contributed by atoms with Gasteiger partial charge in [0.15, 0.2) is 0 Å². The van der Waals surface area contributed by atoms with E-state index in [1.54, 1.807) is 12.3 Å². The van der Waals surface area contributed by atoms with Gasteiger partial charge in [-0.3, -0.25) is 0 Å². The van der Waals surface area contributed by atoms with E-state index in [0.717, 1.165) is 23.2 Å². The molecule has 2 heterocycles. The fourth-order valence-corrected chi connectivity index (χ4v) is 6.30. The van der Waals surface area contributed by atoms with Crippen LogP contribution in [0.15, 0.2) is 59.6 Å². The van der Waals surface area contributed by atoms with E-state index in [-0.39, 0.29) is 16.3 Å². The first-order valence-electron chi connectivity index (χ1n) is 9.87. The summed E-state index contributed by atoms with van der Waals surface area (Å²) in [5.41, 5.74) is 9.68. The highest BCUT2D eigenvalue weighted by molar-refractivity contribution is 7.89. The molecule has 2 N–H and O–H groups in total. The van der Waals surface area contributed by atoms with Gasteiger partial charge in [0.25, 0.3) is 0 Å². The summed E-state index contributed by atoms with van der Waals surface area (Å²) in [5.74, 6) is -0.477. The van der Waals surface area contributed by atoms with Crippen LogP contribution in [0.25, 0.3) is 11.3 Å². The first-order chi connectivity index (χ1) is 14.4. The fraction of sp³-hybridized carbons (Fsp3) is 0.273. The maximum atomic E-state index is 14.2. The summed E-state index contributed by atoms with van der Waals surface area (Å²) >= 11 is 0. The minimum atomic E-state index is -3.87. The topological polar surface area (TPSA) is 89.2 Å². The zero-order valence-corrected chi connectivity index (χ0v) is 17.1. The highest BCUT2D eigenvalue weighted by Gasteiger charge is 2.44. The molecule has 5 rings (SSSR count). The number of hydrogen-bond acceptors (Lipinski definition) is 5. The van der Waals surface area contributed by atoms with Crippen molar-refractivity contribution < 1.29 is 12.8 Å². The predicted octanol–water partition coefficient (Wildman–Crippen LogP) is 3.14. The molecule has 3 aromatic rings. The average Bonchev–Trinajstić information content (AvgIpc) is 2.75. The molecule has 30 heavy (non-hydrogen) atoms. The van der Waals surface area contributed by atoms with Crippen molar-refractivity contribution in [3.8, 4) is 11.3 Å². The Morgan fingerprint density at radius 2 is 1.73 bits per heavy atom. The Balaban J connectivity index is 1.49. The molecule has 1 saturated heterocycles. The van der Waals surface area contributed by atoms with Gasteiger partial charge in [-0.15, -0.1) is 0 Å². The number of halogens is 1. The third kappa shape index (κ3) is 2.90. The second kappa shape index (κ2) is 6.85. The fourth-order valence-electron chi connectivity index (χ4n) is 4.79. The van der Waals surface area contributed by atoms with Gasteiger partial charge in [0.2, 0.25) is 16.0 Å². The molecule has 1 fully saturated rings. The minimum absolute atomic E-state index is 0.204. The van der Waals surface area contributed by atoms with Crippen LogP contribution in [-0.2, 0) is 21.9 Å². The first kappa shape index (κ1) is 19.1. The number of piperidine rings is 1. The standard InChI is InChI=1S/C22H21FN4O2S/c23-18-7-3-4-8-19(18)30(28,29)27-11-9-22(10-12-27)13-15-14-25-21(24)26-20(15)16-5-1-2-6-17(16)22/h1-8,14H,9-13H2,(H2,24,25,26). The Labute approximate surface area is 174 Å².